The number of rotatable bonds is 7. The number of methoxy groups -OCH3 is 1. The van der Waals surface area contributed by atoms with Crippen LogP contribution >= 0.6 is 0 Å². The van der Waals surface area contributed by atoms with Gasteiger partial charge in [-0.05, 0) is 37.5 Å². The van der Waals surface area contributed by atoms with E-state index in [0.29, 0.717) is 36.9 Å². The molecule has 1 N–H and O–H groups in total. The van der Waals surface area contributed by atoms with Crippen molar-refractivity contribution in [2.45, 2.75) is 31.6 Å². The van der Waals surface area contributed by atoms with Gasteiger partial charge < -0.3 is 14.8 Å². The lowest BCUT2D eigenvalue weighted by molar-refractivity contribution is 0.310. The Bertz CT molecular complexity index is 571. The van der Waals surface area contributed by atoms with Crippen LogP contribution in [0.4, 0.5) is 0 Å². The second-order valence-electron chi connectivity index (χ2n) is 5.18. The minimum absolute atomic E-state index is 0.234. The molecule has 1 fully saturated rings. The highest BCUT2D eigenvalue weighted by Gasteiger charge is 2.30. The molecule has 2 rings (SSSR count). The van der Waals surface area contributed by atoms with Crippen LogP contribution in [0.25, 0.3) is 0 Å². The maximum absolute atomic E-state index is 11.8. The van der Waals surface area contributed by atoms with Crippen molar-refractivity contribution in [2.75, 3.05) is 26.0 Å². The van der Waals surface area contributed by atoms with Crippen molar-refractivity contribution in [3.63, 3.8) is 0 Å². The van der Waals surface area contributed by atoms with Crippen molar-refractivity contribution < 1.29 is 17.9 Å². The van der Waals surface area contributed by atoms with E-state index in [0.717, 1.165) is 18.4 Å². The highest BCUT2D eigenvalue weighted by molar-refractivity contribution is 7.92. The van der Waals surface area contributed by atoms with E-state index in [2.05, 4.69) is 5.32 Å². The predicted molar refractivity (Wildman–Crippen MR) is 82.7 cm³/mol. The first kappa shape index (κ1) is 16.1. The third-order valence-electron chi connectivity index (χ3n) is 3.69. The molecule has 1 heterocycles. The average Bonchev–Trinajstić information content (AvgIpc) is 2.79. The molecule has 6 heteroatoms. The van der Waals surface area contributed by atoms with Crippen molar-refractivity contribution in [2.24, 2.45) is 0 Å². The van der Waals surface area contributed by atoms with Gasteiger partial charge in [0.05, 0.1) is 24.7 Å². The Morgan fingerprint density at radius 3 is 2.76 bits per heavy atom. The Morgan fingerprint density at radius 1 is 1.33 bits per heavy atom. The zero-order chi connectivity index (χ0) is 15.3. The summed E-state index contributed by atoms with van der Waals surface area (Å²) in [6.07, 6.45) is 1.55. The van der Waals surface area contributed by atoms with Gasteiger partial charge in [-0.1, -0.05) is 6.07 Å². The molecule has 1 aromatic rings. The first-order valence-corrected chi connectivity index (χ1v) is 9.00. The van der Waals surface area contributed by atoms with Gasteiger partial charge in [0.15, 0.2) is 21.3 Å². The number of nitrogens with one attached hydrogen (secondary N) is 1. The topological polar surface area (TPSA) is 64.6 Å². The van der Waals surface area contributed by atoms with Crippen LogP contribution in [0, 0.1) is 0 Å². The lowest BCUT2D eigenvalue weighted by atomic mass is 10.2. The molecule has 0 aromatic heterocycles. The Hall–Kier alpha value is -1.27. The first-order valence-electron chi connectivity index (χ1n) is 7.29. The molecule has 0 spiro atoms. The lowest BCUT2D eigenvalue weighted by Crippen LogP contribution is -2.30. The van der Waals surface area contributed by atoms with E-state index >= 15 is 0 Å². The molecule has 1 aliphatic rings. The van der Waals surface area contributed by atoms with Crippen LogP contribution in [-0.2, 0) is 16.4 Å². The minimum atomic E-state index is -2.88. The van der Waals surface area contributed by atoms with Gasteiger partial charge in [-0.3, -0.25) is 0 Å². The smallest absolute Gasteiger partial charge is 0.161 e. The van der Waals surface area contributed by atoms with Crippen LogP contribution < -0.4 is 14.8 Å². The molecule has 1 unspecified atom stereocenters. The molecular weight excluding hydrogens is 290 g/mol. The van der Waals surface area contributed by atoms with Gasteiger partial charge in [-0.2, -0.15) is 0 Å². The molecule has 1 aliphatic heterocycles. The van der Waals surface area contributed by atoms with Crippen LogP contribution in [-0.4, -0.2) is 39.7 Å². The molecule has 118 valence electrons. The summed E-state index contributed by atoms with van der Waals surface area (Å²) in [6.45, 7) is 3.64. The fourth-order valence-electron chi connectivity index (χ4n) is 2.56. The summed E-state index contributed by atoms with van der Waals surface area (Å²) in [5.41, 5.74) is 1.05. The summed E-state index contributed by atoms with van der Waals surface area (Å²) >= 11 is 0. The predicted octanol–water partition coefficient (Wildman–Crippen LogP) is 1.76. The Kier molecular flexibility index (Phi) is 5.47. The molecule has 0 saturated carbocycles. The fraction of sp³-hybridized carbons (Fsp3) is 0.600. The summed E-state index contributed by atoms with van der Waals surface area (Å²) in [5, 5.41) is 3.00. The Morgan fingerprint density at radius 2 is 2.14 bits per heavy atom. The van der Waals surface area contributed by atoms with Crippen molar-refractivity contribution in [1.29, 1.82) is 0 Å². The van der Waals surface area contributed by atoms with E-state index in [-0.39, 0.29) is 5.25 Å². The summed E-state index contributed by atoms with van der Waals surface area (Å²) in [5.74, 6) is 1.75. The second kappa shape index (κ2) is 7.13. The molecule has 1 atom stereocenters. The van der Waals surface area contributed by atoms with Crippen molar-refractivity contribution in [1.82, 2.24) is 5.32 Å². The third-order valence-corrected chi connectivity index (χ3v) is 5.97. The first-order chi connectivity index (χ1) is 10.1. The minimum Gasteiger partial charge on any atom is -0.493 e. The standard InChI is InChI=1S/C15H23NO4S/c1-3-20-15-9-12(6-7-14(15)19-2)10-16-11-13-5-4-8-21(13,17)18/h6-7,9,13,16H,3-5,8,10-11H2,1-2H3. The van der Waals surface area contributed by atoms with Crippen molar-refractivity contribution in [3.8, 4) is 11.5 Å². The zero-order valence-electron chi connectivity index (χ0n) is 12.6. The normalized spacial score (nSPS) is 20.4. The van der Waals surface area contributed by atoms with Gasteiger partial charge in [-0.15, -0.1) is 0 Å². The molecule has 0 radical (unpaired) electrons. The number of hydrogen-bond acceptors (Lipinski definition) is 5. The molecule has 0 bridgehead atoms. The van der Waals surface area contributed by atoms with Gasteiger partial charge in [0, 0.05) is 13.1 Å². The molecular formula is C15H23NO4S. The molecule has 0 amide bonds. The highest BCUT2D eigenvalue weighted by Crippen LogP contribution is 2.28. The zero-order valence-corrected chi connectivity index (χ0v) is 13.4. The van der Waals surface area contributed by atoms with E-state index in [1.54, 1.807) is 7.11 Å². The monoisotopic (exact) mass is 313 g/mol. The number of sulfone groups is 1. The van der Waals surface area contributed by atoms with Gasteiger partial charge in [-0.25, -0.2) is 8.42 Å². The summed E-state index contributed by atoms with van der Waals surface area (Å²) < 4.78 is 34.3. The van der Waals surface area contributed by atoms with E-state index in [1.165, 1.54) is 0 Å². The fourth-order valence-corrected chi connectivity index (χ4v) is 4.36. The number of ether oxygens (including phenoxy) is 2. The molecule has 0 aliphatic carbocycles. The second-order valence-corrected chi connectivity index (χ2v) is 7.58. The largest absolute Gasteiger partial charge is 0.493 e. The lowest BCUT2D eigenvalue weighted by Gasteiger charge is -2.13. The van der Waals surface area contributed by atoms with E-state index < -0.39 is 9.84 Å². The number of benzene rings is 1. The molecule has 21 heavy (non-hydrogen) atoms. The quantitative estimate of drug-likeness (QED) is 0.831. The van der Waals surface area contributed by atoms with Crippen LogP contribution in [0.3, 0.4) is 0 Å². The van der Waals surface area contributed by atoms with E-state index in [1.807, 2.05) is 25.1 Å². The average molecular weight is 313 g/mol. The van der Waals surface area contributed by atoms with Gasteiger partial charge in [0.2, 0.25) is 0 Å². The van der Waals surface area contributed by atoms with Crippen LogP contribution in [0.2, 0.25) is 0 Å². The maximum Gasteiger partial charge on any atom is 0.161 e. The highest BCUT2D eigenvalue weighted by atomic mass is 32.2. The summed E-state index contributed by atoms with van der Waals surface area (Å²) in [6, 6.07) is 5.75. The SMILES string of the molecule is CCOc1cc(CNCC2CCCS2(=O)=O)ccc1OC. The van der Waals surface area contributed by atoms with E-state index in [9.17, 15) is 8.42 Å². The van der Waals surface area contributed by atoms with Gasteiger partial charge in [0.25, 0.3) is 0 Å². The van der Waals surface area contributed by atoms with Gasteiger partial charge in [0.1, 0.15) is 0 Å². The number of hydrogen-bond donors (Lipinski definition) is 1. The molecule has 1 aromatic carbocycles. The van der Waals surface area contributed by atoms with Crippen molar-refractivity contribution in [3.05, 3.63) is 23.8 Å². The van der Waals surface area contributed by atoms with E-state index in [4.69, 9.17) is 9.47 Å². The Balaban J connectivity index is 1.92. The van der Waals surface area contributed by atoms with Gasteiger partial charge >= 0.3 is 0 Å². The summed E-state index contributed by atoms with van der Waals surface area (Å²) in [4.78, 5) is 0. The van der Waals surface area contributed by atoms with Crippen LogP contribution in [0.1, 0.15) is 25.3 Å². The third kappa shape index (κ3) is 4.11. The Labute approximate surface area is 126 Å². The van der Waals surface area contributed by atoms with Crippen LogP contribution in [0.15, 0.2) is 18.2 Å². The summed E-state index contributed by atoms with van der Waals surface area (Å²) in [7, 11) is -1.26. The molecule has 1 saturated heterocycles. The molecule has 5 nitrogen and oxygen atoms in total. The van der Waals surface area contributed by atoms with Crippen molar-refractivity contribution >= 4 is 9.84 Å². The maximum atomic E-state index is 11.8. The van der Waals surface area contributed by atoms with Crippen LogP contribution in [0.5, 0.6) is 11.5 Å².